The Kier molecular flexibility index (Phi) is 4.40. The molecule has 0 aliphatic rings. The number of rotatable bonds is 4. The van der Waals surface area contributed by atoms with Crippen LogP contribution in [0.5, 0.6) is 0 Å². The molecule has 0 aliphatic carbocycles. The van der Waals surface area contributed by atoms with Crippen LogP contribution in [0.2, 0.25) is 5.02 Å². The zero-order chi connectivity index (χ0) is 17.3. The second-order valence-electron chi connectivity index (χ2n) is 5.59. The van der Waals surface area contributed by atoms with Crippen molar-refractivity contribution in [1.82, 2.24) is 4.98 Å². The first-order valence-electron chi connectivity index (χ1n) is 7.55. The van der Waals surface area contributed by atoms with E-state index in [0.29, 0.717) is 16.1 Å². The summed E-state index contributed by atoms with van der Waals surface area (Å²) in [7, 11) is 0. The van der Waals surface area contributed by atoms with Gasteiger partial charge < -0.3 is 9.72 Å². The van der Waals surface area contributed by atoms with Crippen molar-refractivity contribution in [1.29, 1.82) is 0 Å². The van der Waals surface area contributed by atoms with Crippen LogP contribution in [-0.4, -0.2) is 22.8 Å². The van der Waals surface area contributed by atoms with E-state index in [-0.39, 0.29) is 5.78 Å². The summed E-state index contributed by atoms with van der Waals surface area (Å²) in [6, 6.07) is 13.9. The van der Waals surface area contributed by atoms with E-state index in [4.69, 9.17) is 16.3 Å². The Bertz CT molecular complexity index is 912. The molecule has 0 bridgehead atoms. The van der Waals surface area contributed by atoms with Crippen LogP contribution in [0.4, 0.5) is 0 Å². The highest BCUT2D eigenvalue weighted by Crippen LogP contribution is 2.24. The summed E-state index contributed by atoms with van der Waals surface area (Å²) in [4.78, 5) is 28.1. The van der Waals surface area contributed by atoms with Gasteiger partial charge in [-0.25, -0.2) is 4.79 Å². The maximum Gasteiger partial charge on any atom is 0.338 e. The van der Waals surface area contributed by atoms with Crippen LogP contribution in [0.25, 0.3) is 10.9 Å². The molecule has 1 N–H and O–H groups in total. The van der Waals surface area contributed by atoms with Gasteiger partial charge in [0.05, 0.1) is 5.56 Å². The number of aromatic amines is 1. The molecule has 0 unspecified atom stereocenters. The first-order valence-corrected chi connectivity index (χ1v) is 7.93. The molecule has 0 radical (unpaired) electrons. The van der Waals surface area contributed by atoms with Gasteiger partial charge in [-0.2, -0.15) is 0 Å². The molecule has 3 rings (SSSR count). The van der Waals surface area contributed by atoms with Gasteiger partial charge in [0.15, 0.2) is 6.10 Å². The summed E-state index contributed by atoms with van der Waals surface area (Å²) >= 11 is 5.80. The summed E-state index contributed by atoms with van der Waals surface area (Å²) < 4.78 is 5.32. The van der Waals surface area contributed by atoms with E-state index in [9.17, 15) is 9.59 Å². The van der Waals surface area contributed by atoms with Crippen molar-refractivity contribution in [2.24, 2.45) is 0 Å². The average Bonchev–Trinajstić information content (AvgIpc) is 2.90. The fraction of sp³-hybridized carbons (Fsp3) is 0.158. The predicted molar refractivity (Wildman–Crippen MR) is 93.7 cm³/mol. The number of carbonyl (C=O) groups excluding carboxylic acids is 2. The number of nitrogens with one attached hydrogen (secondary N) is 1. The number of benzene rings is 2. The molecule has 0 saturated carbocycles. The molecule has 0 saturated heterocycles. The van der Waals surface area contributed by atoms with E-state index in [2.05, 4.69) is 4.98 Å². The summed E-state index contributed by atoms with van der Waals surface area (Å²) in [5.74, 6) is -0.780. The Morgan fingerprint density at radius 2 is 1.75 bits per heavy atom. The maximum atomic E-state index is 12.7. The number of fused-ring (bicyclic) bond motifs is 1. The monoisotopic (exact) mass is 341 g/mol. The number of aromatic nitrogens is 1. The van der Waals surface area contributed by atoms with Crippen molar-refractivity contribution in [2.75, 3.05) is 0 Å². The lowest BCUT2D eigenvalue weighted by atomic mass is 10.0. The van der Waals surface area contributed by atoms with E-state index in [1.807, 2.05) is 31.2 Å². The highest BCUT2D eigenvalue weighted by Gasteiger charge is 2.24. The van der Waals surface area contributed by atoms with Crippen LogP contribution in [0.15, 0.2) is 48.5 Å². The predicted octanol–water partition coefficient (Wildman–Crippen LogP) is 4.56. The van der Waals surface area contributed by atoms with Crippen LogP contribution >= 0.6 is 11.6 Å². The number of Topliss-reactive ketones (excluding diaryl/α,β-unsaturated/α-hetero) is 1. The lowest BCUT2D eigenvalue weighted by molar-refractivity contribution is 0.0319. The number of ether oxygens (including phenoxy) is 1. The molecule has 0 spiro atoms. The molecular formula is C19H16ClNO3. The minimum Gasteiger partial charge on any atom is -0.451 e. The molecule has 0 fully saturated rings. The maximum absolute atomic E-state index is 12.7. The summed E-state index contributed by atoms with van der Waals surface area (Å²) in [5, 5.41) is 1.36. The standard InChI is InChI=1S/C19H16ClNO3/c1-11-17(15-5-3-4-6-16(15)21-11)18(22)12(2)24-19(23)13-7-9-14(20)10-8-13/h3-10,12,21H,1-2H3/t12-/m0/s1. The lowest BCUT2D eigenvalue weighted by Crippen LogP contribution is -2.24. The third-order valence-corrected chi connectivity index (χ3v) is 4.12. The molecule has 0 amide bonds. The average molecular weight is 342 g/mol. The van der Waals surface area contributed by atoms with Crippen LogP contribution in [0.1, 0.15) is 33.3 Å². The number of carbonyl (C=O) groups is 2. The number of para-hydroxylation sites is 1. The lowest BCUT2D eigenvalue weighted by Gasteiger charge is -2.12. The molecule has 3 aromatic rings. The van der Waals surface area contributed by atoms with Crippen molar-refractivity contribution in [3.05, 3.63) is 70.4 Å². The van der Waals surface area contributed by atoms with E-state index >= 15 is 0 Å². The summed E-state index contributed by atoms with van der Waals surface area (Å²) in [5.41, 5.74) is 2.56. The Labute approximate surface area is 144 Å². The summed E-state index contributed by atoms with van der Waals surface area (Å²) in [6.45, 7) is 3.42. The Hall–Kier alpha value is -2.59. The topological polar surface area (TPSA) is 59.2 Å². The molecule has 122 valence electrons. The first kappa shape index (κ1) is 16.3. The van der Waals surface area contributed by atoms with Gasteiger partial charge in [0.25, 0.3) is 0 Å². The third-order valence-electron chi connectivity index (χ3n) is 3.87. The van der Waals surface area contributed by atoms with Gasteiger partial charge >= 0.3 is 5.97 Å². The highest BCUT2D eigenvalue weighted by atomic mass is 35.5. The van der Waals surface area contributed by atoms with Gasteiger partial charge in [0.1, 0.15) is 0 Å². The Morgan fingerprint density at radius 3 is 2.46 bits per heavy atom. The molecule has 1 heterocycles. The van der Waals surface area contributed by atoms with Gasteiger partial charge in [-0.05, 0) is 44.2 Å². The van der Waals surface area contributed by atoms with Crippen molar-refractivity contribution in [3.63, 3.8) is 0 Å². The smallest absolute Gasteiger partial charge is 0.338 e. The number of esters is 1. The fourth-order valence-corrected chi connectivity index (χ4v) is 2.79. The third kappa shape index (κ3) is 3.05. The van der Waals surface area contributed by atoms with Crippen LogP contribution < -0.4 is 0 Å². The van der Waals surface area contributed by atoms with Crippen molar-refractivity contribution < 1.29 is 14.3 Å². The Morgan fingerprint density at radius 1 is 1.08 bits per heavy atom. The fourth-order valence-electron chi connectivity index (χ4n) is 2.67. The number of H-pyrrole nitrogens is 1. The van der Waals surface area contributed by atoms with Gasteiger partial charge in [0, 0.05) is 27.2 Å². The zero-order valence-corrected chi connectivity index (χ0v) is 14.1. The number of halogens is 1. The zero-order valence-electron chi connectivity index (χ0n) is 13.3. The van der Waals surface area contributed by atoms with E-state index in [1.54, 1.807) is 31.2 Å². The van der Waals surface area contributed by atoms with Crippen molar-refractivity contribution in [2.45, 2.75) is 20.0 Å². The number of ketones is 1. The molecular weight excluding hydrogens is 326 g/mol. The van der Waals surface area contributed by atoms with Gasteiger partial charge in [-0.1, -0.05) is 29.8 Å². The first-order chi connectivity index (χ1) is 11.5. The molecule has 1 atom stereocenters. The quantitative estimate of drug-likeness (QED) is 0.559. The number of hydrogen-bond acceptors (Lipinski definition) is 3. The molecule has 1 aromatic heterocycles. The van der Waals surface area contributed by atoms with E-state index in [1.165, 1.54) is 0 Å². The van der Waals surface area contributed by atoms with Crippen LogP contribution in [0.3, 0.4) is 0 Å². The van der Waals surface area contributed by atoms with Crippen LogP contribution in [0, 0.1) is 6.92 Å². The van der Waals surface area contributed by atoms with Crippen molar-refractivity contribution >= 4 is 34.3 Å². The molecule has 2 aromatic carbocycles. The number of hydrogen-bond donors (Lipinski definition) is 1. The van der Waals surface area contributed by atoms with Crippen LogP contribution in [-0.2, 0) is 4.74 Å². The molecule has 0 aliphatic heterocycles. The van der Waals surface area contributed by atoms with Gasteiger partial charge in [-0.3, -0.25) is 4.79 Å². The molecule has 4 nitrogen and oxygen atoms in total. The second kappa shape index (κ2) is 6.49. The SMILES string of the molecule is Cc1[nH]c2ccccc2c1C(=O)[C@H](C)OC(=O)c1ccc(Cl)cc1. The minimum absolute atomic E-state index is 0.229. The van der Waals surface area contributed by atoms with Gasteiger partial charge in [-0.15, -0.1) is 0 Å². The van der Waals surface area contributed by atoms with Gasteiger partial charge in [0.2, 0.25) is 5.78 Å². The molecule has 5 heteroatoms. The van der Waals surface area contributed by atoms with E-state index < -0.39 is 12.1 Å². The second-order valence-corrected chi connectivity index (χ2v) is 6.03. The molecule has 24 heavy (non-hydrogen) atoms. The number of aryl methyl sites for hydroxylation is 1. The minimum atomic E-state index is -0.883. The normalized spacial score (nSPS) is 12.1. The summed E-state index contributed by atoms with van der Waals surface area (Å²) in [6.07, 6.45) is -0.883. The van der Waals surface area contributed by atoms with E-state index in [0.717, 1.165) is 16.6 Å². The highest BCUT2D eigenvalue weighted by molar-refractivity contribution is 6.30. The Balaban J connectivity index is 1.82. The largest absolute Gasteiger partial charge is 0.451 e. The van der Waals surface area contributed by atoms with Crippen molar-refractivity contribution in [3.8, 4) is 0 Å².